The summed E-state index contributed by atoms with van der Waals surface area (Å²) in [6.45, 7) is 1.49. The highest BCUT2D eigenvalue weighted by Gasteiger charge is 2.22. The molecule has 0 atom stereocenters. The summed E-state index contributed by atoms with van der Waals surface area (Å²) < 4.78 is 11.4. The lowest BCUT2D eigenvalue weighted by atomic mass is 10.0. The third-order valence-corrected chi connectivity index (χ3v) is 5.73. The number of nitrogens with zero attached hydrogens (tertiary/aromatic N) is 1. The molecular formula is C27H28N2O4. The van der Waals surface area contributed by atoms with Crippen molar-refractivity contribution >= 4 is 17.7 Å². The number of esters is 1. The van der Waals surface area contributed by atoms with Crippen molar-refractivity contribution in [3.63, 3.8) is 0 Å². The van der Waals surface area contributed by atoms with E-state index in [1.165, 1.54) is 7.11 Å². The van der Waals surface area contributed by atoms with Gasteiger partial charge in [-0.05, 0) is 48.6 Å². The molecule has 1 saturated heterocycles. The summed E-state index contributed by atoms with van der Waals surface area (Å²) >= 11 is 0. The van der Waals surface area contributed by atoms with Crippen LogP contribution in [0.25, 0.3) is 0 Å². The zero-order chi connectivity index (χ0) is 23.0. The van der Waals surface area contributed by atoms with E-state index in [4.69, 9.17) is 9.47 Å². The smallest absolute Gasteiger partial charge is 0.341 e. The van der Waals surface area contributed by atoms with Gasteiger partial charge in [-0.15, -0.1) is 0 Å². The van der Waals surface area contributed by atoms with Crippen molar-refractivity contribution < 1.29 is 19.1 Å². The van der Waals surface area contributed by atoms with Gasteiger partial charge in [0.2, 0.25) is 0 Å². The van der Waals surface area contributed by atoms with Gasteiger partial charge in [0.05, 0.1) is 7.11 Å². The SMILES string of the molecule is COC(=O)c1cc(NC(=O)N2CCCCC2)ccc1OC(c1ccccc1)c1ccccc1. The molecule has 1 aliphatic rings. The second-order valence-corrected chi connectivity index (χ2v) is 8.00. The van der Waals surface area contributed by atoms with Crippen LogP contribution in [0, 0.1) is 0 Å². The van der Waals surface area contributed by atoms with Gasteiger partial charge >= 0.3 is 12.0 Å². The van der Waals surface area contributed by atoms with Crippen LogP contribution in [0.5, 0.6) is 5.75 Å². The maximum absolute atomic E-state index is 12.6. The molecule has 1 aliphatic heterocycles. The number of methoxy groups -OCH3 is 1. The number of benzene rings is 3. The first kappa shape index (κ1) is 22.4. The molecule has 0 aliphatic carbocycles. The summed E-state index contributed by atoms with van der Waals surface area (Å²) in [7, 11) is 1.33. The normalized spacial score (nSPS) is 13.5. The topological polar surface area (TPSA) is 67.9 Å². The molecule has 3 aromatic rings. The molecule has 6 heteroatoms. The number of carbonyl (C=O) groups excluding carboxylic acids is 2. The number of carbonyl (C=O) groups is 2. The molecule has 0 aromatic heterocycles. The lowest BCUT2D eigenvalue weighted by molar-refractivity contribution is 0.0594. The number of anilines is 1. The average molecular weight is 445 g/mol. The highest BCUT2D eigenvalue weighted by Crippen LogP contribution is 2.32. The highest BCUT2D eigenvalue weighted by molar-refractivity contribution is 5.96. The van der Waals surface area contributed by atoms with Gasteiger partial charge in [0.15, 0.2) is 0 Å². The maximum atomic E-state index is 12.6. The van der Waals surface area contributed by atoms with E-state index in [-0.39, 0.29) is 11.6 Å². The molecule has 33 heavy (non-hydrogen) atoms. The Hall–Kier alpha value is -3.80. The molecule has 3 aromatic carbocycles. The molecule has 1 heterocycles. The third-order valence-electron chi connectivity index (χ3n) is 5.73. The van der Waals surface area contributed by atoms with Crippen LogP contribution in [-0.2, 0) is 4.74 Å². The van der Waals surface area contributed by atoms with E-state index in [1.807, 2.05) is 60.7 Å². The number of urea groups is 1. The molecule has 170 valence electrons. The van der Waals surface area contributed by atoms with Crippen LogP contribution in [0.15, 0.2) is 78.9 Å². The standard InChI is InChI=1S/C27H28N2O4/c1-32-26(30)23-19-22(28-27(31)29-17-9-4-10-18-29)15-16-24(23)33-25(20-11-5-2-6-12-20)21-13-7-3-8-14-21/h2-3,5-8,11-16,19,25H,4,9-10,17-18H2,1H3,(H,28,31). The lowest BCUT2D eigenvalue weighted by Crippen LogP contribution is -2.38. The fourth-order valence-corrected chi connectivity index (χ4v) is 3.99. The third kappa shape index (κ3) is 5.52. The second kappa shape index (κ2) is 10.7. The van der Waals surface area contributed by atoms with E-state index in [2.05, 4.69) is 5.32 Å². The van der Waals surface area contributed by atoms with E-state index in [1.54, 1.807) is 23.1 Å². The zero-order valence-electron chi connectivity index (χ0n) is 18.7. The lowest BCUT2D eigenvalue weighted by Gasteiger charge is -2.27. The zero-order valence-corrected chi connectivity index (χ0v) is 18.7. The molecule has 1 N–H and O–H groups in total. The first-order valence-corrected chi connectivity index (χ1v) is 11.2. The van der Waals surface area contributed by atoms with Gasteiger partial charge in [-0.1, -0.05) is 60.7 Å². The van der Waals surface area contributed by atoms with E-state index >= 15 is 0 Å². The monoisotopic (exact) mass is 444 g/mol. The summed E-state index contributed by atoms with van der Waals surface area (Å²) in [6, 6.07) is 24.6. The Bertz CT molecular complexity index is 1040. The molecule has 4 rings (SSSR count). The minimum atomic E-state index is -0.529. The van der Waals surface area contributed by atoms with Crippen molar-refractivity contribution in [1.29, 1.82) is 0 Å². The number of amides is 2. The molecule has 0 saturated carbocycles. The first-order valence-electron chi connectivity index (χ1n) is 11.2. The van der Waals surface area contributed by atoms with Gasteiger partial charge in [-0.25, -0.2) is 9.59 Å². The Balaban J connectivity index is 1.63. The Morgan fingerprint density at radius 1 is 0.848 bits per heavy atom. The molecule has 1 fully saturated rings. The molecule has 6 nitrogen and oxygen atoms in total. The van der Waals surface area contributed by atoms with Crippen molar-refractivity contribution in [3.8, 4) is 5.75 Å². The summed E-state index contributed by atoms with van der Waals surface area (Å²) in [5, 5.41) is 2.90. The van der Waals surface area contributed by atoms with Gasteiger partial charge in [0, 0.05) is 18.8 Å². The predicted molar refractivity (Wildman–Crippen MR) is 128 cm³/mol. The largest absolute Gasteiger partial charge is 0.480 e. The summed E-state index contributed by atoms with van der Waals surface area (Å²) in [5.41, 5.74) is 2.70. The number of rotatable bonds is 6. The minimum absolute atomic E-state index is 0.161. The Morgan fingerprint density at radius 3 is 2.03 bits per heavy atom. The van der Waals surface area contributed by atoms with E-state index in [9.17, 15) is 9.59 Å². The highest BCUT2D eigenvalue weighted by atomic mass is 16.5. The maximum Gasteiger partial charge on any atom is 0.341 e. The van der Waals surface area contributed by atoms with Crippen LogP contribution in [0.2, 0.25) is 0 Å². The van der Waals surface area contributed by atoms with E-state index in [0.717, 1.165) is 43.5 Å². The summed E-state index contributed by atoms with van der Waals surface area (Å²) in [4.78, 5) is 27.0. The van der Waals surface area contributed by atoms with Crippen molar-refractivity contribution in [3.05, 3.63) is 95.6 Å². The fourth-order valence-electron chi connectivity index (χ4n) is 3.99. The summed E-state index contributed by atoms with van der Waals surface area (Å²) in [5.74, 6) is -0.144. The molecule has 0 spiro atoms. The summed E-state index contributed by atoms with van der Waals surface area (Å²) in [6.07, 6.45) is 2.75. The molecule has 0 unspecified atom stereocenters. The number of piperidine rings is 1. The van der Waals surface area contributed by atoms with Crippen LogP contribution in [0.1, 0.15) is 46.9 Å². The Kier molecular flexibility index (Phi) is 7.25. The predicted octanol–water partition coefficient (Wildman–Crippen LogP) is 5.66. The number of ether oxygens (including phenoxy) is 2. The number of likely N-dealkylation sites (tertiary alicyclic amines) is 1. The Labute approximate surface area is 194 Å². The quantitative estimate of drug-likeness (QED) is 0.498. The fraction of sp³-hybridized carbons (Fsp3) is 0.259. The van der Waals surface area contributed by atoms with E-state index in [0.29, 0.717) is 11.4 Å². The number of nitrogens with one attached hydrogen (secondary N) is 1. The van der Waals surface area contributed by atoms with Gasteiger partial charge in [-0.2, -0.15) is 0 Å². The molecule has 0 radical (unpaired) electrons. The van der Waals surface area contributed by atoms with Crippen LogP contribution < -0.4 is 10.1 Å². The number of hydrogen-bond donors (Lipinski definition) is 1. The second-order valence-electron chi connectivity index (χ2n) is 8.00. The van der Waals surface area contributed by atoms with Gasteiger partial charge in [0.25, 0.3) is 0 Å². The van der Waals surface area contributed by atoms with Crippen LogP contribution in [-0.4, -0.2) is 37.1 Å². The van der Waals surface area contributed by atoms with Crippen molar-refractivity contribution in [2.24, 2.45) is 0 Å². The average Bonchev–Trinajstić information content (AvgIpc) is 2.89. The van der Waals surface area contributed by atoms with E-state index < -0.39 is 12.1 Å². The van der Waals surface area contributed by atoms with Crippen LogP contribution >= 0.6 is 0 Å². The van der Waals surface area contributed by atoms with Crippen molar-refractivity contribution in [2.75, 3.05) is 25.5 Å². The van der Waals surface area contributed by atoms with Crippen molar-refractivity contribution in [1.82, 2.24) is 4.90 Å². The van der Waals surface area contributed by atoms with Gasteiger partial charge in [0.1, 0.15) is 17.4 Å². The van der Waals surface area contributed by atoms with Crippen LogP contribution in [0.4, 0.5) is 10.5 Å². The van der Waals surface area contributed by atoms with Crippen molar-refractivity contribution in [2.45, 2.75) is 25.4 Å². The first-order chi connectivity index (χ1) is 16.2. The molecule has 0 bridgehead atoms. The van der Waals surface area contributed by atoms with Crippen LogP contribution in [0.3, 0.4) is 0 Å². The molecule has 2 amide bonds. The Morgan fingerprint density at radius 2 is 1.45 bits per heavy atom. The number of hydrogen-bond acceptors (Lipinski definition) is 4. The van der Waals surface area contributed by atoms with Gasteiger partial charge < -0.3 is 19.7 Å². The van der Waals surface area contributed by atoms with Gasteiger partial charge in [-0.3, -0.25) is 0 Å². The minimum Gasteiger partial charge on any atom is -0.480 e. The molecular weight excluding hydrogens is 416 g/mol.